The summed E-state index contributed by atoms with van der Waals surface area (Å²) in [5, 5.41) is 6.69. The van der Waals surface area contributed by atoms with E-state index in [0.717, 1.165) is 58.3 Å². The first-order valence-electron chi connectivity index (χ1n) is 9.04. The molecule has 0 aliphatic carbocycles. The van der Waals surface area contributed by atoms with Gasteiger partial charge in [0.1, 0.15) is 0 Å². The van der Waals surface area contributed by atoms with Crippen LogP contribution >= 0.6 is 24.0 Å². The summed E-state index contributed by atoms with van der Waals surface area (Å²) in [4.78, 5) is 6.45. The van der Waals surface area contributed by atoms with E-state index in [9.17, 15) is 0 Å². The molecule has 148 valence electrons. The van der Waals surface area contributed by atoms with E-state index in [1.54, 1.807) is 7.05 Å². The lowest BCUT2D eigenvalue weighted by atomic mass is 10.1. The zero-order valence-electron chi connectivity index (χ0n) is 16.2. The van der Waals surface area contributed by atoms with Crippen LogP contribution in [0.15, 0.2) is 29.3 Å². The predicted octanol–water partition coefficient (Wildman–Crippen LogP) is 2.23. The minimum absolute atomic E-state index is 0. The third kappa shape index (κ3) is 9.16. The molecule has 0 bridgehead atoms. The monoisotopic (exact) mass is 476 g/mol. The Morgan fingerprint density at radius 1 is 1.31 bits per heavy atom. The van der Waals surface area contributed by atoms with Crippen molar-refractivity contribution in [1.29, 1.82) is 0 Å². The van der Waals surface area contributed by atoms with Crippen LogP contribution in [0, 0.1) is 0 Å². The summed E-state index contributed by atoms with van der Waals surface area (Å²) in [6, 6.07) is 8.64. The van der Waals surface area contributed by atoms with Crippen LogP contribution in [0.1, 0.15) is 24.0 Å². The van der Waals surface area contributed by atoms with Gasteiger partial charge in [-0.05, 0) is 38.1 Å². The van der Waals surface area contributed by atoms with Crippen LogP contribution in [0.25, 0.3) is 0 Å². The lowest BCUT2D eigenvalue weighted by Crippen LogP contribution is -2.37. The fourth-order valence-corrected chi connectivity index (χ4v) is 2.78. The lowest BCUT2D eigenvalue weighted by molar-refractivity contribution is 0.0420. The summed E-state index contributed by atoms with van der Waals surface area (Å²) in [7, 11) is 5.96. The molecule has 7 heteroatoms. The molecule has 1 atom stereocenters. The van der Waals surface area contributed by atoms with E-state index >= 15 is 0 Å². The fourth-order valence-electron chi connectivity index (χ4n) is 2.78. The zero-order valence-corrected chi connectivity index (χ0v) is 18.5. The number of benzene rings is 1. The van der Waals surface area contributed by atoms with Crippen LogP contribution in [0.4, 0.5) is 0 Å². The highest BCUT2D eigenvalue weighted by Gasteiger charge is 2.15. The molecule has 0 saturated carbocycles. The summed E-state index contributed by atoms with van der Waals surface area (Å²) in [5.74, 6) is 0.821. The topological polar surface area (TPSA) is 58.1 Å². The van der Waals surface area contributed by atoms with Gasteiger partial charge in [0.2, 0.25) is 0 Å². The van der Waals surface area contributed by atoms with Crippen LogP contribution in [-0.4, -0.2) is 64.5 Å². The van der Waals surface area contributed by atoms with Gasteiger partial charge in [-0.3, -0.25) is 4.99 Å². The summed E-state index contributed by atoms with van der Waals surface area (Å²) in [6.07, 6.45) is 2.26. The van der Waals surface area contributed by atoms with Crippen LogP contribution in [0.2, 0.25) is 0 Å². The van der Waals surface area contributed by atoms with Gasteiger partial charge in [0.25, 0.3) is 0 Å². The van der Waals surface area contributed by atoms with Crippen LogP contribution in [0.5, 0.6) is 0 Å². The largest absolute Gasteiger partial charge is 0.379 e. The van der Waals surface area contributed by atoms with Crippen molar-refractivity contribution in [3.63, 3.8) is 0 Å². The summed E-state index contributed by atoms with van der Waals surface area (Å²) >= 11 is 0. The van der Waals surface area contributed by atoms with Gasteiger partial charge < -0.3 is 25.0 Å². The van der Waals surface area contributed by atoms with Crippen molar-refractivity contribution in [3.05, 3.63) is 35.4 Å². The molecular weight excluding hydrogens is 443 g/mol. The van der Waals surface area contributed by atoms with Crippen molar-refractivity contribution < 1.29 is 9.47 Å². The van der Waals surface area contributed by atoms with Crippen molar-refractivity contribution in [2.24, 2.45) is 4.99 Å². The smallest absolute Gasteiger partial charge is 0.191 e. The van der Waals surface area contributed by atoms with Gasteiger partial charge in [0, 0.05) is 39.9 Å². The summed E-state index contributed by atoms with van der Waals surface area (Å²) in [5.41, 5.74) is 2.58. The molecule has 1 aliphatic heterocycles. The zero-order chi connectivity index (χ0) is 17.9. The Balaban J connectivity index is 0.00000338. The third-order valence-corrected chi connectivity index (χ3v) is 4.03. The molecule has 26 heavy (non-hydrogen) atoms. The molecule has 2 N–H and O–H groups in total. The number of nitrogens with zero attached hydrogens (tertiary/aromatic N) is 2. The Kier molecular flexibility index (Phi) is 11.8. The first-order chi connectivity index (χ1) is 12.2. The highest BCUT2D eigenvalue weighted by Crippen LogP contribution is 2.08. The molecule has 1 aliphatic rings. The number of rotatable bonds is 9. The molecule has 0 radical (unpaired) electrons. The molecule has 0 spiro atoms. The number of nitrogens with one attached hydrogen (secondary N) is 2. The maximum Gasteiger partial charge on any atom is 0.191 e. The number of aliphatic imine (C=N–C) groups is 1. The minimum Gasteiger partial charge on any atom is -0.379 e. The van der Waals surface area contributed by atoms with Gasteiger partial charge in [0.15, 0.2) is 5.96 Å². The second-order valence-electron chi connectivity index (χ2n) is 6.62. The molecule has 1 fully saturated rings. The Hall–Kier alpha value is -0.900. The second-order valence-corrected chi connectivity index (χ2v) is 6.62. The van der Waals surface area contributed by atoms with Crippen molar-refractivity contribution in [1.82, 2.24) is 15.5 Å². The Morgan fingerprint density at radius 3 is 2.81 bits per heavy atom. The third-order valence-electron chi connectivity index (χ3n) is 4.03. The molecular formula is C19H33IN4O2. The second kappa shape index (κ2) is 13.3. The highest BCUT2D eigenvalue weighted by molar-refractivity contribution is 14.0. The van der Waals surface area contributed by atoms with Crippen molar-refractivity contribution in [2.45, 2.75) is 32.0 Å². The Morgan fingerprint density at radius 2 is 2.12 bits per heavy atom. The average molecular weight is 476 g/mol. The minimum atomic E-state index is 0. The van der Waals surface area contributed by atoms with E-state index in [4.69, 9.17) is 9.47 Å². The SMILES string of the molecule is CN=C(NCCCOC1CCOC1)NCc1cccc(CN(C)C)c1.I. The van der Waals surface area contributed by atoms with E-state index in [0.29, 0.717) is 0 Å². The number of guanidine groups is 1. The molecule has 1 heterocycles. The number of halogens is 1. The Labute approximate surface area is 174 Å². The normalized spacial score (nSPS) is 17.2. The van der Waals surface area contributed by atoms with E-state index in [2.05, 4.69) is 58.9 Å². The van der Waals surface area contributed by atoms with Gasteiger partial charge in [0.05, 0.1) is 12.7 Å². The van der Waals surface area contributed by atoms with Crippen LogP contribution in [0.3, 0.4) is 0 Å². The van der Waals surface area contributed by atoms with Crippen molar-refractivity contribution >= 4 is 29.9 Å². The molecule has 0 aromatic heterocycles. The van der Waals surface area contributed by atoms with Gasteiger partial charge >= 0.3 is 0 Å². The number of ether oxygens (including phenoxy) is 2. The van der Waals surface area contributed by atoms with Gasteiger partial charge in [-0.1, -0.05) is 24.3 Å². The van der Waals surface area contributed by atoms with Crippen LogP contribution in [-0.2, 0) is 22.6 Å². The van der Waals surface area contributed by atoms with Gasteiger partial charge in [-0.2, -0.15) is 0 Å². The van der Waals surface area contributed by atoms with E-state index < -0.39 is 0 Å². The fraction of sp³-hybridized carbons (Fsp3) is 0.632. The standard InChI is InChI=1S/C19H32N4O2.HI/c1-20-19(21-9-5-10-25-18-8-11-24-15-18)22-13-16-6-4-7-17(12-16)14-23(2)3;/h4,6-7,12,18H,5,8-11,13-15H2,1-3H3,(H2,20,21,22);1H. The average Bonchev–Trinajstić information content (AvgIpc) is 3.10. The quantitative estimate of drug-likeness (QED) is 0.248. The summed E-state index contributed by atoms with van der Waals surface area (Å²) in [6.45, 7) is 4.88. The van der Waals surface area contributed by atoms with Crippen molar-refractivity contribution in [2.75, 3.05) is 47.5 Å². The molecule has 2 rings (SSSR count). The maximum absolute atomic E-state index is 5.76. The first-order valence-corrected chi connectivity index (χ1v) is 9.04. The first kappa shape index (κ1) is 23.1. The number of hydrogen-bond donors (Lipinski definition) is 2. The van der Waals surface area contributed by atoms with Gasteiger partial charge in [-0.15, -0.1) is 24.0 Å². The molecule has 1 unspecified atom stereocenters. The van der Waals surface area contributed by atoms with Crippen LogP contribution < -0.4 is 10.6 Å². The maximum atomic E-state index is 5.76. The predicted molar refractivity (Wildman–Crippen MR) is 117 cm³/mol. The van der Waals surface area contributed by atoms with E-state index in [1.807, 2.05) is 0 Å². The Bertz CT molecular complexity index is 534. The molecule has 1 saturated heterocycles. The number of hydrogen-bond acceptors (Lipinski definition) is 4. The van der Waals surface area contributed by atoms with E-state index in [-0.39, 0.29) is 30.1 Å². The molecule has 1 aromatic rings. The molecule has 1 aromatic carbocycles. The lowest BCUT2D eigenvalue weighted by Gasteiger charge is -2.14. The summed E-state index contributed by atoms with van der Waals surface area (Å²) < 4.78 is 11.1. The highest BCUT2D eigenvalue weighted by atomic mass is 127. The molecule has 6 nitrogen and oxygen atoms in total. The molecule has 0 amide bonds. The van der Waals surface area contributed by atoms with E-state index in [1.165, 1.54) is 11.1 Å². The van der Waals surface area contributed by atoms with Crippen molar-refractivity contribution in [3.8, 4) is 0 Å². The van der Waals surface area contributed by atoms with Gasteiger partial charge in [-0.25, -0.2) is 0 Å².